The Morgan fingerprint density at radius 3 is 1.90 bits per heavy atom. The molecule has 1 N–H and O–H groups in total. The van der Waals surface area contributed by atoms with Crippen LogP contribution in [-0.2, 0) is 6.42 Å². The van der Waals surface area contributed by atoms with Crippen molar-refractivity contribution in [2.75, 3.05) is 0 Å². The summed E-state index contributed by atoms with van der Waals surface area (Å²) in [5, 5.41) is 12.0. The van der Waals surface area contributed by atoms with Gasteiger partial charge in [0.2, 0.25) is 0 Å². The maximum Gasteiger partial charge on any atom is 0.126 e. The van der Waals surface area contributed by atoms with Gasteiger partial charge in [0.1, 0.15) is 6.17 Å². The standard InChI is InChI=1S/C53H35N3S2/c1-3-13-32(14-4-1)50-42-29-31-27-40-37-26-25-34(56-43-21-9-7-17-35(43)36-18-8-10-22-44(36)56)30-47(37)58-52(40)41(28-31)38-19-11-23-45-48(38)49-39(20-12-24-46(49)57-45)51(42)55-53(54-50)33-15-5-2-6-16-33/h1-28,30,42,50,53-54H,29H2. The molecule has 13 rings (SSSR count). The maximum atomic E-state index is 5.72. The molecule has 3 unspecified atom stereocenters. The van der Waals surface area contributed by atoms with E-state index in [9.17, 15) is 0 Å². The summed E-state index contributed by atoms with van der Waals surface area (Å²) in [7, 11) is 0. The van der Waals surface area contributed by atoms with Gasteiger partial charge in [-0.2, -0.15) is 0 Å². The molecule has 1 aliphatic heterocycles. The monoisotopic (exact) mass is 777 g/mol. The average Bonchev–Trinajstić information content (AvgIpc) is 3.96. The molecular weight excluding hydrogens is 743 g/mol. The molecule has 0 saturated heterocycles. The van der Waals surface area contributed by atoms with Crippen LogP contribution < -0.4 is 5.32 Å². The fraction of sp³-hybridized carbons (Fsp3) is 0.0755. The zero-order chi connectivity index (χ0) is 37.9. The van der Waals surface area contributed by atoms with Gasteiger partial charge >= 0.3 is 0 Å². The number of aliphatic imine (C=N–C) groups is 1. The number of hydrogen-bond donors (Lipinski definition) is 1. The summed E-state index contributed by atoms with van der Waals surface area (Å²) in [6.07, 6.45) is 0.696. The fourth-order valence-electron chi connectivity index (χ4n) is 10.1. The Bertz CT molecular complexity index is 3430. The second kappa shape index (κ2) is 12.6. The first-order valence-electron chi connectivity index (χ1n) is 20.1. The Kier molecular flexibility index (Phi) is 7.08. The van der Waals surface area contributed by atoms with Crippen LogP contribution in [-0.4, -0.2) is 10.3 Å². The molecule has 4 heterocycles. The highest BCUT2D eigenvalue weighted by Crippen LogP contribution is 2.50. The molecule has 3 nitrogen and oxygen atoms in total. The molecule has 8 aromatic carbocycles. The molecule has 0 spiro atoms. The predicted molar refractivity (Wildman–Crippen MR) is 247 cm³/mol. The number of rotatable bonds is 3. The van der Waals surface area contributed by atoms with Crippen LogP contribution in [0, 0.1) is 5.92 Å². The highest BCUT2D eigenvalue weighted by molar-refractivity contribution is 7.27. The predicted octanol–water partition coefficient (Wildman–Crippen LogP) is 14.2. The third kappa shape index (κ3) is 4.78. The number of thiophene rings is 2. The molecule has 0 fully saturated rings. The van der Waals surface area contributed by atoms with Crippen LogP contribution in [0.1, 0.15) is 34.5 Å². The van der Waals surface area contributed by atoms with Crippen LogP contribution >= 0.6 is 22.7 Å². The van der Waals surface area contributed by atoms with Gasteiger partial charge in [-0.25, -0.2) is 0 Å². The summed E-state index contributed by atoms with van der Waals surface area (Å²) in [4.78, 5) is 5.72. The van der Waals surface area contributed by atoms with E-state index in [1.54, 1.807) is 0 Å². The summed E-state index contributed by atoms with van der Waals surface area (Å²) in [6.45, 7) is 0. The highest BCUT2D eigenvalue weighted by atomic mass is 32.1. The molecule has 3 aromatic heterocycles. The molecule has 5 heteroatoms. The largest absolute Gasteiger partial charge is 0.309 e. The lowest BCUT2D eigenvalue weighted by Gasteiger charge is -2.38. The van der Waals surface area contributed by atoms with Crippen LogP contribution in [0.2, 0.25) is 0 Å². The number of para-hydroxylation sites is 2. The molecule has 0 saturated carbocycles. The van der Waals surface area contributed by atoms with Gasteiger partial charge in [0.25, 0.3) is 0 Å². The van der Waals surface area contributed by atoms with E-state index >= 15 is 0 Å². The number of nitrogens with zero attached hydrogens (tertiary/aromatic N) is 2. The van der Waals surface area contributed by atoms with Gasteiger partial charge in [-0.1, -0.05) is 127 Å². The van der Waals surface area contributed by atoms with E-state index in [1.807, 2.05) is 22.7 Å². The lowest BCUT2D eigenvalue weighted by molar-refractivity contribution is 0.362. The summed E-state index contributed by atoms with van der Waals surface area (Å²) in [5.41, 5.74) is 12.6. The van der Waals surface area contributed by atoms with Gasteiger partial charge in [0, 0.05) is 79.9 Å². The molecule has 1 aliphatic carbocycles. The van der Waals surface area contributed by atoms with Crippen LogP contribution in [0.5, 0.6) is 0 Å². The number of hydrogen-bond acceptors (Lipinski definition) is 4. The number of nitrogens with one attached hydrogen (secondary N) is 1. The Balaban J connectivity index is 1.09. The van der Waals surface area contributed by atoms with Crippen LogP contribution in [0.4, 0.5) is 0 Å². The van der Waals surface area contributed by atoms with E-state index in [4.69, 9.17) is 4.99 Å². The second-order valence-electron chi connectivity index (χ2n) is 15.8. The molecule has 0 amide bonds. The van der Waals surface area contributed by atoms with E-state index in [0.29, 0.717) is 0 Å². The minimum atomic E-state index is -0.164. The summed E-state index contributed by atoms with van der Waals surface area (Å²) in [5.74, 6) is 0.102. The smallest absolute Gasteiger partial charge is 0.126 e. The van der Waals surface area contributed by atoms with Gasteiger partial charge in [-0.15, -0.1) is 22.7 Å². The third-order valence-electron chi connectivity index (χ3n) is 12.6. The molecular formula is C53H35N3S2. The van der Waals surface area contributed by atoms with Crippen molar-refractivity contribution in [1.29, 1.82) is 0 Å². The normalized spacial score (nSPS) is 17.8. The van der Waals surface area contributed by atoms with Gasteiger partial charge in [0.05, 0.1) is 16.7 Å². The van der Waals surface area contributed by atoms with E-state index in [0.717, 1.165) is 6.42 Å². The lowest BCUT2D eigenvalue weighted by atomic mass is 9.77. The van der Waals surface area contributed by atoms with Gasteiger partial charge < -0.3 is 4.57 Å². The van der Waals surface area contributed by atoms with Crippen molar-refractivity contribution in [2.45, 2.75) is 18.6 Å². The Morgan fingerprint density at radius 2 is 1.16 bits per heavy atom. The van der Waals surface area contributed by atoms with Crippen LogP contribution in [0.25, 0.3) is 79.0 Å². The average molecular weight is 778 g/mol. The summed E-state index contributed by atoms with van der Waals surface area (Å²) < 4.78 is 7.72. The summed E-state index contributed by atoms with van der Waals surface area (Å²) >= 11 is 3.84. The Morgan fingerprint density at radius 1 is 0.500 bits per heavy atom. The minimum Gasteiger partial charge on any atom is -0.309 e. The van der Waals surface area contributed by atoms with Crippen molar-refractivity contribution in [3.63, 3.8) is 0 Å². The highest BCUT2D eigenvalue weighted by Gasteiger charge is 2.37. The van der Waals surface area contributed by atoms with Crippen molar-refractivity contribution in [3.05, 3.63) is 198 Å². The zero-order valence-corrected chi connectivity index (χ0v) is 33.0. The van der Waals surface area contributed by atoms with Crippen molar-refractivity contribution >= 4 is 90.5 Å². The van der Waals surface area contributed by atoms with E-state index in [1.165, 1.54) is 107 Å². The lowest BCUT2D eigenvalue weighted by Crippen LogP contribution is -2.41. The number of aromatic nitrogens is 1. The molecule has 11 aromatic rings. The zero-order valence-electron chi connectivity index (χ0n) is 31.4. The summed E-state index contributed by atoms with van der Waals surface area (Å²) in [6, 6.07) is 65.4. The topological polar surface area (TPSA) is 29.3 Å². The number of benzene rings is 8. The van der Waals surface area contributed by atoms with Crippen molar-refractivity contribution in [1.82, 2.24) is 9.88 Å². The van der Waals surface area contributed by atoms with Crippen molar-refractivity contribution in [3.8, 4) is 16.8 Å². The van der Waals surface area contributed by atoms with Crippen LogP contribution in [0.15, 0.2) is 181 Å². The minimum absolute atomic E-state index is 0.0603. The fourth-order valence-corrected chi connectivity index (χ4v) is 12.5. The van der Waals surface area contributed by atoms with Gasteiger partial charge in [-0.3, -0.25) is 10.3 Å². The van der Waals surface area contributed by atoms with Crippen molar-refractivity contribution < 1.29 is 0 Å². The van der Waals surface area contributed by atoms with E-state index in [-0.39, 0.29) is 18.1 Å². The number of fused-ring (bicyclic) bond motifs is 12. The van der Waals surface area contributed by atoms with E-state index in [2.05, 4.69) is 186 Å². The third-order valence-corrected chi connectivity index (χ3v) is 15.0. The quantitative estimate of drug-likeness (QED) is 0.190. The first-order chi connectivity index (χ1) is 28.7. The first kappa shape index (κ1) is 32.7. The van der Waals surface area contributed by atoms with E-state index < -0.39 is 0 Å². The second-order valence-corrected chi connectivity index (χ2v) is 18.0. The first-order valence-corrected chi connectivity index (χ1v) is 21.7. The van der Waals surface area contributed by atoms with Gasteiger partial charge in [-0.05, 0) is 77.2 Å². The molecule has 274 valence electrons. The Labute approximate surface area is 343 Å². The SMILES string of the molecule is c1ccc(C2N=C3c4cccc5sc6cccc(c6c45)-c4cc(cc5c4sc4cc(-n6c7ccccc7c7ccccc76)ccc45)CC3C(c3ccccc3)N2)cc1. The molecule has 0 radical (unpaired) electrons. The van der Waals surface area contributed by atoms with Crippen molar-refractivity contribution in [2.24, 2.45) is 10.9 Å². The maximum absolute atomic E-state index is 5.72. The molecule has 2 aliphatic rings. The molecule has 58 heavy (non-hydrogen) atoms. The Hall–Kier alpha value is -6.37. The van der Waals surface area contributed by atoms with Crippen LogP contribution in [0.3, 0.4) is 0 Å². The molecule has 3 atom stereocenters. The molecule has 2 bridgehead atoms. The van der Waals surface area contributed by atoms with Gasteiger partial charge in [0.15, 0.2) is 0 Å².